The van der Waals surface area contributed by atoms with Gasteiger partial charge in [0.15, 0.2) is 5.78 Å². The monoisotopic (exact) mass is 326 g/mol. The van der Waals surface area contributed by atoms with Crippen molar-refractivity contribution in [3.63, 3.8) is 0 Å². The van der Waals surface area contributed by atoms with Gasteiger partial charge in [0.1, 0.15) is 5.92 Å². The summed E-state index contributed by atoms with van der Waals surface area (Å²) in [7, 11) is 0. The molecule has 0 aliphatic carbocycles. The molecular formula is C12H7ClN2O3S2. The van der Waals surface area contributed by atoms with Gasteiger partial charge in [0.2, 0.25) is 0 Å². The van der Waals surface area contributed by atoms with Crippen LogP contribution < -0.4 is 10.6 Å². The van der Waals surface area contributed by atoms with Gasteiger partial charge in [0.05, 0.1) is 19.8 Å². The van der Waals surface area contributed by atoms with Crippen molar-refractivity contribution in [1.82, 2.24) is 0 Å². The lowest BCUT2D eigenvalue weighted by Crippen LogP contribution is -2.40. The quantitative estimate of drug-likeness (QED) is 0.680. The number of hydrogen-bond donors (Lipinski definition) is 1. The zero-order valence-corrected chi connectivity index (χ0v) is 12.2. The largest absolute Gasteiger partial charge is 0.351 e. The molecule has 0 spiro atoms. The molecule has 20 heavy (non-hydrogen) atoms. The van der Waals surface area contributed by atoms with E-state index in [2.05, 4.69) is 0 Å². The standard InChI is InChI=1S/C12H7ClN2O3S2/c13-7-4-5-10(20-7)8(11(17)15(5)12(14)18)9(16)6-2-1-3-19-6/h1-4,8H,(H2,14,18). The number of carbonyl (C=O) groups is 3. The summed E-state index contributed by atoms with van der Waals surface area (Å²) in [6.07, 6.45) is 0. The summed E-state index contributed by atoms with van der Waals surface area (Å²) < 4.78 is 0.401. The van der Waals surface area contributed by atoms with Crippen LogP contribution in [0.2, 0.25) is 4.34 Å². The number of imide groups is 1. The van der Waals surface area contributed by atoms with Gasteiger partial charge in [-0.05, 0) is 17.5 Å². The highest BCUT2D eigenvalue weighted by Crippen LogP contribution is 2.46. The van der Waals surface area contributed by atoms with Crippen LogP contribution in [0.3, 0.4) is 0 Å². The molecule has 8 heteroatoms. The predicted molar refractivity (Wildman–Crippen MR) is 77.8 cm³/mol. The molecule has 102 valence electrons. The minimum Gasteiger partial charge on any atom is -0.351 e. The minimum atomic E-state index is -1.03. The Kier molecular flexibility index (Phi) is 3.12. The number of thiophene rings is 2. The molecule has 1 unspecified atom stereocenters. The molecule has 2 aromatic rings. The molecule has 0 aromatic carbocycles. The summed E-state index contributed by atoms with van der Waals surface area (Å²) in [6.45, 7) is 0. The van der Waals surface area contributed by atoms with E-state index in [4.69, 9.17) is 17.3 Å². The SMILES string of the molecule is NC(=O)N1C(=O)C(C(=O)c2cccs2)c2sc(Cl)cc21. The molecular weight excluding hydrogens is 320 g/mol. The van der Waals surface area contributed by atoms with Gasteiger partial charge in [-0.15, -0.1) is 22.7 Å². The third-order valence-corrected chi connectivity index (χ3v) is 5.13. The normalized spacial score (nSPS) is 17.4. The van der Waals surface area contributed by atoms with E-state index in [-0.39, 0.29) is 5.78 Å². The number of fused-ring (bicyclic) bond motifs is 1. The molecule has 5 nitrogen and oxygen atoms in total. The Morgan fingerprint density at radius 3 is 2.75 bits per heavy atom. The molecule has 0 bridgehead atoms. The van der Waals surface area contributed by atoms with Crippen LogP contribution in [-0.2, 0) is 4.79 Å². The first-order valence-electron chi connectivity index (χ1n) is 5.51. The van der Waals surface area contributed by atoms with Crippen molar-refractivity contribution < 1.29 is 14.4 Å². The van der Waals surface area contributed by atoms with Crippen LogP contribution in [0.1, 0.15) is 20.5 Å². The number of nitrogens with two attached hydrogens (primary N) is 1. The summed E-state index contributed by atoms with van der Waals surface area (Å²) in [5, 5.41) is 1.75. The van der Waals surface area contributed by atoms with Crippen LogP contribution in [0.15, 0.2) is 23.6 Å². The van der Waals surface area contributed by atoms with E-state index in [1.54, 1.807) is 17.5 Å². The number of rotatable bonds is 2. The number of primary amides is 1. The summed E-state index contributed by atoms with van der Waals surface area (Å²) >= 11 is 8.27. The molecule has 0 saturated heterocycles. The van der Waals surface area contributed by atoms with Gasteiger partial charge < -0.3 is 5.73 Å². The van der Waals surface area contributed by atoms with Gasteiger partial charge in [0, 0.05) is 0 Å². The second-order valence-electron chi connectivity index (χ2n) is 4.09. The van der Waals surface area contributed by atoms with Gasteiger partial charge in [-0.1, -0.05) is 17.7 Å². The van der Waals surface area contributed by atoms with Crippen LogP contribution >= 0.6 is 34.3 Å². The Morgan fingerprint density at radius 1 is 1.40 bits per heavy atom. The fourth-order valence-electron chi connectivity index (χ4n) is 2.13. The van der Waals surface area contributed by atoms with Crippen molar-refractivity contribution in [2.24, 2.45) is 5.73 Å². The Balaban J connectivity index is 2.10. The third kappa shape index (κ3) is 1.86. The van der Waals surface area contributed by atoms with Crippen molar-refractivity contribution in [3.05, 3.63) is 37.7 Å². The molecule has 1 atom stereocenters. The minimum absolute atomic E-state index is 0.312. The van der Waals surface area contributed by atoms with Crippen molar-refractivity contribution in [1.29, 1.82) is 0 Å². The molecule has 3 rings (SSSR count). The zero-order chi connectivity index (χ0) is 14.4. The highest BCUT2D eigenvalue weighted by Gasteiger charge is 2.46. The van der Waals surface area contributed by atoms with E-state index in [0.29, 0.717) is 19.8 Å². The number of ketones is 1. The van der Waals surface area contributed by atoms with Crippen molar-refractivity contribution in [2.45, 2.75) is 5.92 Å². The molecule has 0 radical (unpaired) electrons. The lowest BCUT2D eigenvalue weighted by molar-refractivity contribution is -0.117. The highest BCUT2D eigenvalue weighted by atomic mass is 35.5. The molecule has 0 fully saturated rings. The molecule has 3 amide bonds. The van der Waals surface area contributed by atoms with Gasteiger partial charge >= 0.3 is 6.03 Å². The number of hydrogen-bond acceptors (Lipinski definition) is 5. The van der Waals surface area contributed by atoms with Gasteiger partial charge in [-0.25, -0.2) is 9.69 Å². The summed E-state index contributed by atoms with van der Waals surface area (Å²) in [5.74, 6) is -1.99. The Labute approximate surface area is 126 Å². The van der Waals surface area contributed by atoms with Crippen molar-refractivity contribution in [3.8, 4) is 0 Å². The lowest BCUT2D eigenvalue weighted by Gasteiger charge is -2.12. The number of anilines is 1. The number of amides is 3. The third-order valence-electron chi connectivity index (χ3n) is 2.93. The highest BCUT2D eigenvalue weighted by molar-refractivity contribution is 7.17. The van der Waals surface area contributed by atoms with Gasteiger partial charge in [-0.2, -0.15) is 0 Å². The summed E-state index contributed by atoms with van der Waals surface area (Å²) in [5.41, 5.74) is 5.52. The molecule has 2 N–H and O–H groups in total. The molecule has 1 aliphatic rings. The fourth-order valence-corrected chi connectivity index (χ4v) is 4.14. The molecule has 3 heterocycles. The first-order chi connectivity index (χ1) is 9.50. The second-order valence-corrected chi connectivity index (χ2v) is 6.75. The number of carbonyl (C=O) groups excluding carboxylic acids is 3. The Morgan fingerprint density at radius 2 is 2.15 bits per heavy atom. The number of urea groups is 1. The number of Topliss-reactive ketones (excluding diaryl/α,β-unsaturated/α-hetero) is 1. The van der Waals surface area contributed by atoms with E-state index >= 15 is 0 Å². The Hall–Kier alpha value is -1.70. The van der Waals surface area contributed by atoms with Crippen LogP contribution in [0, 0.1) is 0 Å². The van der Waals surface area contributed by atoms with E-state index in [1.807, 2.05) is 0 Å². The number of nitrogens with zero attached hydrogens (tertiary/aromatic N) is 1. The zero-order valence-electron chi connectivity index (χ0n) is 9.83. The van der Waals surface area contributed by atoms with Gasteiger partial charge in [-0.3, -0.25) is 9.59 Å². The maximum atomic E-state index is 12.4. The average molecular weight is 327 g/mol. The molecule has 1 aliphatic heterocycles. The maximum Gasteiger partial charge on any atom is 0.326 e. The summed E-state index contributed by atoms with van der Waals surface area (Å²) in [6, 6.07) is 3.94. The average Bonchev–Trinajstić information content (AvgIpc) is 3.03. The van der Waals surface area contributed by atoms with E-state index in [0.717, 1.165) is 16.2 Å². The first kappa shape index (κ1) is 13.3. The van der Waals surface area contributed by atoms with Crippen LogP contribution in [0.25, 0.3) is 0 Å². The van der Waals surface area contributed by atoms with Crippen LogP contribution in [0.4, 0.5) is 10.5 Å². The van der Waals surface area contributed by atoms with Crippen molar-refractivity contribution >= 4 is 57.7 Å². The molecule has 0 saturated carbocycles. The smallest absolute Gasteiger partial charge is 0.326 e. The topological polar surface area (TPSA) is 80.5 Å². The van der Waals surface area contributed by atoms with Crippen molar-refractivity contribution in [2.75, 3.05) is 4.90 Å². The summed E-state index contributed by atoms with van der Waals surface area (Å²) in [4.78, 5) is 37.9. The van der Waals surface area contributed by atoms with E-state index < -0.39 is 17.9 Å². The van der Waals surface area contributed by atoms with E-state index in [1.165, 1.54) is 17.4 Å². The van der Waals surface area contributed by atoms with E-state index in [9.17, 15) is 14.4 Å². The number of halogens is 1. The van der Waals surface area contributed by atoms with Crippen LogP contribution in [-0.4, -0.2) is 17.7 Å². The lowest BCUT2D eigenvalue weighted by atomic mass is 10.0. The van der Waals surface area contributed by atoms with Crippen LogP contribution in [0.5, 0.6) is 0 Å². The van der Waals surface area contributed by atoms with Gasteiger partial charge in [0.25, 0.3) is 5.91 Å². The predicted octanol–water partition coefficient (Wildman–Crippen LogP) is 2.85. The first-order valence-corrected chi connectivity index (χ1v) is 7.58. The fraction of sp³-hybridized carbons (Fsp3) is 0.0833. The Bertz CT molecular complexity index is 723. The second kappa shape index (κ2) is 4.69. The molecule has 2 aromatic heterocycles. The maximum absolute atomic E-state index is 12.4.